The molecule has 5 nitrogen and oxygen atoms in total. The molecule has 0 spiro atoms. The Bertz CT molecular complexity index is 507. The highest BCUT2D eigenvalue weighted by Crippen LogP contribution is 2.27. The van der Waals surface area contributed by atoms with Crippen LogP contribution in [0.2, 0.25) is 5.02 Å². The van der Waals surface area contributed by atoms with Gasteiger partial charge in [0.25, 0.3) is 0 Å². The van der Waals surface area contributed by atoms with E-state index in [1.54, 1.807) is 6.07 Å². The molecule has 1 aromatic rings. The summed E-state index contributed by atoms with van der Waals surface area (Å²) in [6.45, 7) is 3.39. The van der Waals surface area contributed by atoms with Gasteiger partial charge in [-0.1, -0.05) is 46.3 Å². The van der Waals surface area contributed by atoms with Crippen LogP contribution in [0.5, 0.6) is 0 Å². The van der Waals surface area contributed by atoms with E-state index in [1.165, 1.54) is 18.2 Å². The molecule has 1 unspecified atom stereocenters. The molecule has 1 rings (SSSR count). The van der Waals surface area contributed by atoms with Crippen molar-refractivity contribution in [2.24, 2.45) is 0 Å². The first kappa shape index (κ1) is 15.5. The summed E-state index contributed by atoms with van der Waals surface area (Å²) in [7, 11) is 0. The number of halogens is 2. The maximum atomic E-state index is 11.4. The van der Waals surface area contributed by atoms with Crippen molar-refractivity contribution in [1.29, 1.82) is 0 Å². The fourth-order valence-electron chi connectivity index (χ4n) is 1.30. The number of nitrogens with one attached hydrogen (secondary N) is 1. The lowest BCUT2D eigenvalue weighted by atomic mass is 10.1. The third kappa shape index (κ3) is 4.57. The van der Waals surface area contributed by atoms with Crippen LogP contribution in [0, 0.1) is 0 Å². The number of hydrogen-bond donors (Lipinski definition) is 2. The summed E-state index contributed by atoms with van der Waals surface area (Å²) >= 11 is 8.98. The van der Waals surface area contributed by atoms with Crippen LogP contribution in [0.3, 0.4) is 0 Å². The predicted octanol–water partition coefficient (Wildman–Crippen LogP) is 3.14. The average molecular weight is 349 g/mol. The smallest absolute Gasteiger partial charge is 0.408 e. The first-order chi connectivity index (χ1) is 8.95. The lowest BCUT2D eigenvalue weighted by molar-refractivity contribution is -0.139. The van der Waals surface area contributed by atoms with Crippen molar-refractivity contribution in [3.8, 4) is 0 Å². The minimum atomic E-state index is -1.23. The Balaban J connectivity index is 2.91. The van der Waals surface area contributed by atoms with E-state index in [4.69, 9.17) is 16.7 Å². The zero-order valence-corrected chi connectivity index (χ0v) is 12.1. The van der Waals surface area contributed by atoms with Gasteiger partial charge in [-0.25, -0.2) is 9.59 Å². The predicted molar refractivity (Wildman–Crippen MR) is 74.2 cm³/mol. The van der Waals surface area contributed by atoms with Crippen molar-refractivity contribution in [2.45, 2.75) is 6.04 Å². The molecule has 0 aliphatic heterocycles. The van der Waals surface area contributed by atoms with Crippen molar-refractivity contribution in [2.75, 3.05) is 6.61 Å². The van der Waals surface area contributed by atoms with Gasteiger partial charge in [0.1, 0.15) is 6.61 Å². The number of aliphatic carboxylic acids is 1. The van der Waals surface area contributed by atoms with Crippen molar-refractivity contribution in [1.82, 2.24) is 5.32 Å². The first-order valence-electron chi connectivity index (χ1n) is 5.17. The molecule has 0 aliphatic carbocycles. The number of carboxylic acid groups (broad SMARTS) is 1. The third-order valence-corrected chi connectivity index (χ3v) is 3.04. The maximum absolute atomic E-state index is 11.4. The number of carboxylic acids is 1. The Morgan fingerprint density at radius 2 is 2.26 bits per heavy atom. The second kappa shape index (κ2) is 7.16. The van der Waals surface area contributed by atoms with E-state index in [2.05, 4.69) is 32.6 Å². The second-order valence-electron chi connectivity index (χ2n) is 3.47. The average Bonchev–Trinajstić information content (AvgIpc) is 2.34. The van der Waals surface area contributed by atoms with Gasteiger partial charge in [0, 0.05) is 15.1 Å². The van der Waals surface area contributed by atoms with Crippen LogP contribution >= 0.6 is 27.5 Å². The molecule has 0 aromatic heterocycles. The Hall–Kier alpha value is -1.53. The molecule has 0 bridgehead atoms. The third-order valence-electron chi connectivity index (χ3n) is 2.11. The molecule has 2 N–H and O–H groups in total. The maximum Gasteiger partial charge on any atom is 0.408 e. The van der Waals surface area contributed by atoms with E-state index in [9.17, 15) is 9.59 Å². The summed E-state index contributed by atoms with van der Waals surface area (Å²) < 4.78 is 5.17. The Morgan fingerprint density at radius 1 is 1.58 bits per heavy atom. The molecule has 0 heterocycles. The molecule has 102 valence electrons. The van der Waals surface area contributed by atoms with Crippen LogP contribution in [0.15, 0.2) is 35.3 Å². The molecule has 19 heavy (non-hydrogen) atoms. The Labute approximate surface area is 123 Å². The van der Waals surface area contributed by atoms with Gasteiger partial charge in [0.05, 0.1) is 0 Å². The van der Waals surface area contributed by atoms with Crippen LogP contribution < -0.4 is 5.32 Å². The number of benzene rings is 1. The molecule has 1 atom stereocenters. The first-order valence-corrected chi connectivity index (χ1v) is 6.34. The van der Waals surface area contributed by atoms with E-state index in [0.717, 1.165) is 0 Å². The van der Waals surface area contributed by atoms with Gasteiger partial charge in [0.2, 0.25) is 0 Å². The number of amides is 1. The molecule has 0 saturated heterocycles. The van der Waals surface area contributed by atoms with Crippen molar-refractivity contribution < 1.29 is 19.4 Å². The minimum absolute atomic E-state index is 0.0000398. The van der Waals surface area contributed by atoms with Crippen LogP contribution in [0.1, 0.15) is 11.6 Å². The molecule has 0 radical (unpaired) electrons. The number of alkyl carbamates (subject to hydrolysis) is 1. The number of carbonyl (C=O) groups excluding carboxylic acids is 1. The van der Waals surface area contributed by atoms with E-state index < -0.39 is 18.1 Å². The molecule has 0 fully saturated rings. The lowest BCUT2D eigenvalue weighted by Gasteiger charge is -2.16. The van der Waals surface area contributed by atoms with Crippen LogP contribution in [-0.2, 0) is 9.53 Å². The molecule has 7 heteroatoms. The van der Waals surface area contributed by atoms with E-state index >= 15 is 0 Å². The number of rotatable bonds is 5. The summed E-state index contributed by atoms with van der Waals surface area (Å²) in [4.78, 5) is 22.6. The number of hydrogen-bond acceptors (Lipinski definition) is 3. The normalized spacial score (nSPS) is 11.5. The monoisotopic (exact) mass is 347 g/mol. The lowest BCUT2D eigenvalue weighted by Crippen LogP contribution is -2.34. The van der Waals surface area contributed by atoms with E-state index in [0.29, 0.717) is 15.1 Å². The summed E-state index contributed by atoms with van der Waals surface area (Å²) in [5.41, 5.74) is 0.368. The molecule has 1 amide bonds. The topological polar surface area (TPSA) is 75.6 Å². The summed E-state index contributed by atoms with van der Waals surface area (Å²) in [6.07, 6.45) is 0.544. The quantitative estimate of drug-likeness (QED) is 0.802. The van der Waals surface area contributed by atoms with Gasteiger partial charge in [-0.15, -0.1) is 0 Å². The highest BCUT2D eigenvalue weighted by molar-refractivity contribution is 9.10. The van der Waals surface area contributed by atoms with Gasteiger partial charge in [-0.3, -0.25) is 0 Å². The van der Waals surface area contributed by atoms with Crippen LogP contribution in [-0.4, -0.2) is 23.8 Å². The van der Waals surface area contributed by atoms with Gasteiger partial charge >= 0.3 is 12.1 Å². The second-order valence-corrected chi connectivity index (χ2v) is 4.76. The Morgan fingerprint density at radius 3 is 2.79 bits per heavy atom. The standard InChI is InChI=1S/C12H11BrClNO4/c1-2-5-19-12(18)15-10(11(16)17)8-4-3-7(14)6-9(8)13/h2-4,6,10H,1,5H2,(H,15,18)(H,16,17). The minimum Gasteiger partial charge on any atom is -0.479 e. The van der Waals surface area contributed by atoms with Gasteiger partial charge in [-0.05, 0) is 12.1 Å². The zero-order chi connectivity index (χ0) is 14.4. The number of ether oxygens (including phenoxy) is 1. The van der Waals surface area contributed by atoms with Crippen molar-refractivity contribution in [3.63, 3.8) is 0 Å². The SMILES string of the molecule is C=CCOC(=O)NC(C(=O)O)c1ccc(Cl)cc1Br. The van der Waals surface area contributed by atoms with Crippen molar-refractivity contribution >= 4 is 39.6 Å². The van der Waals surface area contributed by atoms with Gasteiger partial charge < -0.3 is 15.2 Å². The highest BCUT2D eigenvalue weighted by atomic mass is 79.9. The van der Waals surface area contributed by atoms with Crippen molar-refractivity contribution in [3.05, 3.63) is 45.9 Å². The van der Waals surface area contributed by atoms with Gasteiger partial charge in [-0.2, -0.15) is 0 Å². The number of carbonyl (C=O) groups is 2. The largest absolute Gasteiger partial charge is 0.479 e. The van der Waals surface area contributed by atoms with E-state index in [-0.39, 0.29) is 6.61 Å². The fourth-order valence-corrected chi connectivity index (χ4v) is 2.21. The fraction of sp³-hybridized carbons (Fsp3) is 0.167. The molecule has 0 aliphatic rings. The Kier molecular flexibility index (Phi) is 5.85. The van der Waals surface area contributed by atoms with Crippen LogP contribution in [0.25, 0.3) is 0 Å². The molecule has 0 saturated carbocycles. The van der Waals surface area contributed by atoms with Crippen LogP contribution in [0.4, 0.5) is 4.79 Å². The summed E-state index contributed by atoms with van der Waals surface area (Å²) in [5, 5.41) is 11.8. The molecule has 1 aromatic carbocycles. The zero-order valence-electron chi connectivity index (χ0n) is 9.73. The molecular formula is C12H11BrClNO4. The summed E-state index contributed by atoms with van der Waals surface area (Å²) in [6, 6.07) is 3.36. The van der Waals surface area contributed by atoms with E-state index in [1.807, 2.05) is 0 Å². The summed E-state index contributed by atoms with van der Waals surface area (Å²) in [5.74, 6) is -1.21. The van der Waals surface area contributed by atoms with Gasteiger partial charge in [0.15, 0.2) is 6.04 Å². The molecular weight excluding hydrogens is 337 g/mol. The highest BCUT2D eigenvalue weighted by Gasteiger charge is 2.24.